The normalized spacial score (nSPS) is 14.0. The smallest absolute Gasteiger partial charge is 0.191 e. The van der Waals surface area contributed by atoms with E-state index in [0.29, 0.717) is 6.54 Å². The van der Waals surface area contributed by atoms with Gasteiger partial charge in [0.15, 0.2) is 11.8 Å². The zero-order valence-corrected chi connectivity index (χ0v) is 14.7. The molecule has 0 fully saturated rings. The van der Waals surface area contributed by atoms with Crippen molar-refractivity contribution in [3.8, 4) is 0 Å². The number of guanidine groups is 1. The lowest BCUT2D eigenvalue weighted by molar-refractivity contribution is 0.554. The van der Waals surface area contributed by atoms with Crippen molar-refractivity contribution in [2.45, 2.75) is 52.7 Å². The first-order valence-electron chi connectivity index (χ1n) is 8.54. The van der Waals surface area contributed by atoms with Crippen LogP contribution in [-0.4, -0.2) is 44.1 Å². The maximum atomic E-state index is 4.48. The zero-order chi connectivity index (χ0) is 16.9. The number of nitrogens with zero attached hydrogens (tertiary/aromatic N) is 6. The van der Waals surface area contributed by atoms with Gasteiger partial charge < -0.3 is 15.2 Å². The summed E-state index contributed by atoms with van der Waals surface area (Å²) in [7, 11) is 1.78. The number of nitrogens with one attached hydrogen (secondary N) is 2. The van der Waals surface area contributed by atoms with Crippen LogP contribution in [-0.2, 0) is 26.1 Å². The second-order valence-electron chi connectivity index (χ2n) is 6.14. The third-order valence-electron chi connectivity index (χ3n) is 4.27. The van der Waals surface area contributed by atoms with Gasteiger partial charge in [0.05, 0.1) is 12.2 Å². The SMILES string of the molecule is CN=C(NCCCn1nc(C)cc1C)NCc1nnc2n1CCC2. The molecule has 0 aliphatic carbocycles. The molecule has 130 valence electrons. The van der Waals surface area contributed by atoms with Gasteiger partial charge in [-0.15, -0.1) is 10.2 Å². The molecule has 2 N–H and O–H groups in total. The molecule has 0 unspecified atom stereocenters. The molecule has 2 aromatic rings. The first-order chi connectivity index (χ1) is 11.7. The van der Waals surface area contributed by atoms with Crippen molar-refractivity contribution in [3.05, 3.63) is 29.1 Å². The third kappa shape index (κ3) is 3.74. The maximum absolute atomic E-state index is 4.48. The minimum absolute atomic E-state index is 0.643. The Hall–Kier alpha value is -2.38. The molecule has 8 nitrogen and oxygen atoms in total. The molecule has 0 saturated heterocycles. The Morgan fingerprint density at radius 1 is 1.29 bits per heavy atom. The van der Waals surface area contributed by atoms with E-state index in [4.69, 9.17) is 0 Å². The number of rotatable bonds is 6. The van der Waals surface area contributed by atoms with E-state index in [1.54, 1.807) is 7.05 Å². The summed E-state index contributed by atoms with van der Waals surface area (Å²) in [5.74, 6) is 2.87. The fourth-order valence-corrected chi connectivity index (χ4v) is 3.06. The molecule has 0 amide bonds. The van der Waals surface area contributed by atoms with Gasteiger partial charge in [-0.1, -0.05) is 0 Å². The van der Waals surface area contributed by atoms with E-state index >= 15 is 0 Å². The van der Waals surface area contributed by atoms with Crippen LogP contribution in [0.25, 0.3) is 0 Å². The summed E-state index contributed by atoms with van der Waals surface area (Å²) in [6.07, 6.45) is 3.19. The van der Waals surface area contributed by atoms with E-state index in [1.165, 1.54) is 5.69 Å². The maximum Gasteiger partial charge on any atom is 0.191 e. The quantitative estimate of drug-likeness (QED) is 0.465. The van der Waals surface area contributed by atoms with E-state index in [1.807, 2.05) is 11.6 Å². The Kier molecular flexibility index (Phi) is 5.12. The van der Waals surface area contributed by atoms with Gasteiger partial charge in [0.25, 0.3) is 0 Å². The lowest BCUT2D eigenvalue weighted by atomic mass is 10.4. The predicted molar refractivity (Wildman–Crippen MR) is 92.9 cm³/mol. The summed E-state index contributed by atoms with van der Waals surface area (Å²) in [4.78, 5) is 4.26. The molecule has 3 heterocycles. The lowest BCUT2D eigenvalue weighted by Gasteiger charge is -2.12. The van der Waals surface area contributed by atoms with Crippen molar-refractivity contribution in [1.82, 2.24) is 35.2 Å². The van der Waals surface area contributed by atoms with Crippen molar-refractivity contribution < 1.29 is 0 Å². The minimum atomic E-state index is 0.643. The summed E-state index contributed by atoms with van der Waals surface area (Å²) in [6, 6.07) is 2.10. The molecule has 0 aromatic carbocycles. The van der Waals surface area contributed by atoms with Crippen LogP contribution in [0, 0.1) is 13.8 Å². The molecule has 0 atom stereocenters. The molecule has 1 aliphatic rings. The molecule has 1 aliphatic heterocycles. The highest BCUT2D eigenvalue weighted by Gasteiger charge is 2.16. The largest absolute Gasteiger partial charge is 0.356 e. The molecule has 3 rings (SSSR count). The molecular formula is C16H26N8. The summed E-state index contributed by atoms with van der Waals surface area (Å²) in [6.45, 7) is 7.52. The lowest BCUT2D eigenvalue weighted by Crippen LogP contribution is -2.38. The van der Waals surface area contributed by atoms with Crippen LogP contribution >= 0.6 is 0 Å². The standard InChI is InChI=1S/C16H26N8/c1-12-10-13(2)24(22-12)9-5-7-18-16(17-3)19-11-15-21-20-14-6-4-8-23(14)15/h10H,4-9,11H2,1-3H3,(H2,17,18,19). The minimum Gasteiger partial charge on any atom is -0.356 e. The van der Waals surface area contributed by atoms with Crippen molar-refractivity contribution in [2.75, 3.05) is 13.6 Å². The highest BCUT2D eigenvalue weighted by Crippen LogP contribution is 2.13. The highest BCUT2D eigenvalue weighted by molar-refractivity contribution is 5.79. The summed E-state index contributed by atoms with van der Waals surface area (Å²) >= 11 is 0. The van der Waals surface area contributed by atoms with E-state index in [-0.39, 0.29) is 0 Å². The van der Waals surface area contributed by atoms with Crippen molar-refractivity contribution in [1.29, 1.82) is 0 Å². The molecule has 0 spiro atoms. The van der Waals surface area contributed by atoms with E-state index in [9.17, 15) is 0 Å². The highest BCUT2D eigenvalue weighted by atomic mass is 15.3. The van der Waals surface area contributed by atoms with Crippen LogP contribution < -0.4 is 10.6 Å². The second-order valence-corrected chi connectivity index (χ2v) is 6.14. The van der Waals surface area contributed by atoms with Gasteiger partial charge in [-0.25, -0.2) is 0 Å². The third-order valence-corrected chi connectivity index (χ3v) is 4.27. The molecule has 0 radical (unpaired) electrons. The van der Waals surface area contributed by atoms with Gasteiger partial charge in [-0.05, 0) is 32.8 Å². The van der Waals surface area contributed by atoms with Crippen LogP contribution in [0.4, 0.5) is 0 Å². The van der Waals surface area contributed by atoms with Gasteiger partial charge in [0.1, 0.15) is 5.82 Å². The fraction of sp³-hybridized carbons (Fsp3) is 0.625. The van der Waals surface area contributed by atoms with Crippen molar-refractivity contribution >= 4 is 5.96 Å². The van der Waals surface area contributed by atoms with Crippen molar-refractivity contribution in [3.63, 3.8) is 0 Å². The molecular weight excluding hydrogens is 304 g/mol. The Morgan fingerprint density at radius 3 is 2.92 bits per heavy atom. The Bertz CT molecular complexity index is 712. The van der Waals surface area contributed by atoms with Gasteiger partial charge in [-0.2, -0.15) is 5.10 Å². The first-order valence-corrected chi connectivity index (χ1v) is 8.54. The van der Waals surface area contributed by atoms with Gasteiger partial charge >= 0.3 is 0 Å². The average molecular weight is 330 g/mol. The summed E-state index contributed by atoms with van der Waals surface area (Å²) in [5, 5.41) is 19.6. The van der Waals surface area contributed by atoms with E-state index in [0.717, 1.165) is 62.2 Å². The van der Waals surface area contributed by atoms with Gasteiger partial charge in [0.2, 0.25) is 0 Å². The van der Waals surface area contributed by atoms with E-state index in [2.05, 4.69) is 48.5 Å². The number of hydrogen-bond donors (Lipinski definition) is 2. The van der Waals surface area contributed by atoms with Crippen LogP contribution in [0.5, 0.6) is 0 Å². The summed E-state index contributed by atoms with van der Waals surface area (Å²) < 4.78 is 4.25. The monoisotopic (exact) mass is 330 g/mol. The second kappa shape index (κ2) is 7.46. The van der Waals surface area contributed by atoms with Gasteiger partial charge in [-0.3, -0.25) is 9.67 Å². The topological polar surface area (TPSA) is 84.9 Å². The molecule has 8 heteroatoms. The number of hydrogen-bond acceptors (Lipinski definition) is 4. The Morgan fingerprint density at radius 2 is 2.17 bits per heavy atom. The average Bonchev–Trinajstić information content (AvgIpc) is 3.24. The van der Waals surface area contributed by atoms with Crippen LogP contribution in [0.1, 0.15) is 35.9 Å². The number of aliphatic imine (C=N–C) groups is 1. The van der Waals surface area contributed by atoms with Crippen LogP contribution in [0.2, 0.25) is 0 Å². The molecule has 24 heavy (non-hydrogen) atoms. The Labute approximate surface area is 142 Å². The first kappa shape index (κ1) is 16.5. The van der Waals surface area contributed by atoms with E-state index < -0.39 is 0 Å². The summed E-state index contributed by atoms with van der Waals surface area (Å²) in [5.41, 5.74) is 2.27. The number of fused-ring (bicyclic) bond motifs is 1. The molecule has 0 bridgehead atoms. The zero-order valence-electron chi connectivity index (χ0n) is 14.7. The van der Waals surface area contributed by atoms with Gasteiger partial charge in [0, 0.05) is 38.8 Å². The van der Waals surface area contributed by atoms with Crippen LogP contribution in [0.15, 0.2) is 11.1 Å². The Balaban J connectivity index is 1.41. The number of aryl methyl sites for hydroxylation is 4. The fourth-order valence-electron chi connectivity index (χ4n) is 3.06. The molecule has 0 saturated carbocycles. The van der Waals surface area contributed by atoms with Crippen molar-refractivity contribution in [2.24, 2.45) is 4.99 Å². The molecule has 2 aromatic heterocycles. The number of aromatic nitrogens is 5. The van der Waals surface area contributed by atoms with Crippen LogP contribution in [0.3, 0.4) is 0 Å². The predicted octanol–water partition coefficient (Wildman–Crippen LogP) is 0.793.